The SMILES string of the molecule is COc1c(C)ccc2c1CCC[C@@H]2N. The number of methoxy groups -OCH3 is 1. The van der Waals surface area contributed by atoms with E-state index in [1.165, 1.54) is 23.1 Å². The van der Waals surface area contributed by atoms with Crippen molar-refractivity contribution in [2.75, 3.05) is 7.11 Å². The predicted molar refractivity (Wildman–Crippen MR) is 57.6 cm³/mol. The number of hydrogen-bond donors (Lipinski definition) is 1. The molecule has 0 aliphatic heterocycles. The van der Waals surface area contributed by atoms with Crippen LogP contribution in [0.4, 0.5) is 0 Å². The summed E-state index contributed by atoms with van der Waals surface area (Å²) >= 11 is 0. The zero-order chi connectivity index (χ0) is 10.1. The van der Waals surface area contributed by atoms with Crippen LogP contribution in [0.2, 0.25) is 0 Å². The van der Waals surface area contributed by atoms with Gasteiger partial charge in [-0.3, -0.25) is 0 Å². The smallest absolute Gasteiger partial charge is 0.125 e. The highest BCUT2D eigenvalue weighted by atomic mass is 16.5. The minimum absolute atomic E-state index is 0.202. The van der Waals surface area contributed by atoms with Gasteiger partial charge in [-0.15, -0.1) is 0 Å². The van der Waals surface area contributed by atoms with Gasteiger partial charge in [0.15, 0.2) is 0 Å². The molecular weight excluding hydrogens is 174 g/mol. The molecule has 2 nitrogen and oxygen atoms in total. The molecule has 0 fully saturated rings. The lowest BCUT2D eigenvalue weighted by molar-refractivity contribution is 0.400. The Hall–Kier alpha value is -1.02. The summed E-state index contributed by atoms with van der Waals surface area (Å²) in [6.45, 7) is 2.08. The zero-order valence-corrected chi connectivity index (χ0v) is 8.84. The van der Waals surface area contributed by atoms with Gasteiger partial charge in [0.1, 0.15) is 5.75 Å². The van der Waals surface area contributed by atoms with Gasteiger partial charge in [-0.25, -0.2) is 0 Å². The van der Waals surface area contributed by atoms with Gasteiger partial charge in [0.05, 0.1) is 7.11 Å². The minimum Gasteiger partial charge on any atom is -0.496 e. The van der Waals surface area contributed by atoms with Gasteiger partial charge in [-0.05, 0) is 42.9 Å². The highest BCUT2D eigenvalue weighted by molar-refractivity contribution is 5.48. The van der Waals surface area contributed by atoms with E-state index < -0.39 is 0 Å². The highest BCUT2D eigenvalue weighted by Gasteiger charge is 2.20. The number of rotatable bonds is 1. The van der Waals surface area contributed by atoms with E-state index in [0.29, 0.717) is 0 Å². The Bertz CT molecular complexity index is 346. The van der Waals surface area contributed by atoms with Crippen molar-refractivity contribution in [2.24, 2.45) is 5.73 Å². The number of benzene rings is 1. The third-order valence-electron chi connectivity index (χ3n) is 3.04. The van der Waals surface area contributed by atoms with Gasteiger partial charge in [-0.2, -0.15) is 0 Å². The summed E-state index contributed by atoms with van der Waals surface area (Å²) in [5.74, 6) is 1.04. The second-order valence-electron chi connectivity index (χ2n) is 3.98. The number of ether oxygens (including phenoxy) is 1. The fourth-order valence-corrected chi connectivity index (χ4v) is 2.30. The van der Waals surface area contributed by atoms with Crippen molar-refractivity contribution in [3.63, 3.8) is 0 Å². The average molecular weight is 191 g/mol. The van der Waals surface area contributed by atoms with Crippen molar-refractivity contribution in [2.45, 2.75) is 32.2 Å². The third kappa shape index (κ3) is 1.40. The molecule has 0 amide bonds. The van der Waals surface area contributed by atoms with E-state index in [0.717, 1.165) is 18.6 Å². The van der Waals surface area contributed by atoms with E-state index in [2.05, 4.69) is 19.1 Å². The standard InChI is InChI=1S/C12H17NO/c1-8-6-7-9-10(12(8)14-2)4-3-5-11(9)13/h6-7,11H,3-5,13H2,1-2H3/t11-/m0/s1. The molecule has 0 spiro atoms. The fraction of sp³-hybridized carbons (Fsp3) is 0.500. The quantitative estimate of drug-likeness (QED) is 0.739. The van der Waals surface area contributed by atoms with Crippen LogP contribution in [0, 0.1) is 6.92 Å². The van der Waals surface area contributed by atoms with Crippen LogP contribution >= 0.6 is 0 Å². The molecule has 1 aromatic carbocycles. The number of hydrogen-bond acceptors (Lipinski definition) is 2. The van der Waals surface area contributed by atoms with Gasteiger partial charge in [-0.1, -0.05) is 12.1 Å². The first-order valence-electron chi connectivity index (χ1n) is 5.16. The van der Waals surface area contributed by atoms with Crippen molar-refractivity contribution >= 4 is 0 Å². The Labute approximate surface area is 85.1 Å². The summed E-state index contributed by atoms with van der Waals surface area (Å²) in [6, 6.07) is 4.45. The molecule has 2 rings (SSSR count). The number of nitrogens with two attached hydrogens (primary N) is 1. The zero-order valence-electron chi connectivity index (χ0n) is 8.84. The van der Waals surface area contributed by atoms with E-state index in [1.807, 2.05) is 0 Å². The predicted octanol–water partition coefficient (Wildman–Crippen LogP) is 2.34. The van der Waals surface area contributed by atoms with Gasteiger partial charge >= 0.3 is 0 Å². The molecule has 0 unspecified atom stereocenters. The minimum atomic E-state index is 0.202. The molecule has 0 radical (unpaired) electrons. The van der Waals surface area contributed by atoms with E-state index >= 15 is 0 Å². The Morgan fingerprint density at radius 2 is 2.21 bits per heavy atom. The lowest BCUT2D eigenvalue weighted by Gasteiger charge is -2.24. The van der Waals surface area contributed by atoms with Crippen LogP contribution in [0.15, 0.2) is 12.1 Å². The highest BCUT2D eigenvalue weighted by Crippen LogP contribution is 2.35. The molecular formula is C12H17NO. The summed E-state index contributed by atoms with van der Waals surface area (Å²) in [5.41, 5.74) is 9.87. The Kier molecular flexibility index (Phi) is 2.46. The average Bonchev–Trinajstić information content (AvgIpc) is 2.18. The Balaban J connectivity index is 2.55. The summed E-state index contributed by atoms with van der Waals surface area (Å²) in [7, 11) is 1.74. The van der Waals surface area contributed by atoms with Crippen LogP contribution < -0.4 is 10.5 Å². The van der Waals surface area contributed by atoms with Crippen LogP contribution in [0.5, 0.6) is 5.75 Å². The molecule has 1 aliphatic rings. The maximum atomic E-state index is 6.06. The fourth-order valence-electron chi connectivity index (χ4n) is 2.30. The van der Waals surface area contributed by atoms with E-state index in [4.69, 9.17) is 10.5 Å². The normalized spacial score (nSPS) is 20.4. The van der Waals surface area contributed by atoms with E-state index in [-0.39, 0.29) is 6.04 Å². The molecule has 0 aromatic heterocycles. The molecule has 0 saturated carbocycles. The Morgan fingerprint density at radius 3 is 2.93 bits per heavy atom. The van der Waals surface area contributed by atoms with E-state index in [1.54, 1.807) is 7.11 Å². The maximum absolute atomic E-state index is 6.06. The molecule has 1 aromatic rings. The summed E-state index contributed by atoms with van der Waals surface area (Å²) < 4.78 is 5.44. The number of aryl methyl sites for hydroxylation is 1. The van der Waals surface area contributed by atoms with Crippen molar-refractivity contribution < 1.29 is 4.74 Å². The van der Waals surface area contributed by atoms with Gasteiger partial charge in [0.2, 0.25) is 0 Å². The largest absolute Gasteiger partial charge is 0.496 e. The third-order valence-corrected chi connectivity index (χ3v) is 3.04. The van der Waals surface area contributed by atoms with E-state index in [9.17, 15) is 0 Å². The first kappa shape index (κ1) is 9.53. The van der Waals surface area contributed by atoms with Crippen molar-refractivity contribution in [3.8, 4) is 5.75 Å². The van der Waals surface area contributed by atoms with Crippen LogP contribution in [0.1, 0.15) is 35.6 Å². The van der Waals surface area contributed by atoms with Crippen LogP contribution in [-0.2, 0) is 6.42 Å². The van der Waals surface area contributed by atoms with Gasteiger partial charge < -0.3 is 10.5 Å². The molecule has 0 saturated heterocycles. The molecule has 1 atom stereocenters. The monoisotopic (exact) mass is 191 g/mol. The topological polar surface area (TPSA) is 35.2 Å². The maximum Gasteiger partial charge on any atom is 0.125 e. The second-order valence-corrected chi connectivity index (χ2v) is 3.98. The van der Waals surface area contributed by atoms with Crippen molar-refractivity contribution in [3.05, 3.63) is 28.8 Å². The molecule has 76 valence electrons. The van der Waals surface area contributed by atoms with Gasteiger partial charge in [0.25, 0.3) is 0 Å². The summed E-state index contributed by atoms with van der Waals surface area (Å²) in [5, 5.41) is 0. The first-order valence-corrected chi connectivity index (χ1v) is 5.16. The van der Waals surface area contributed by atoms with Crippen LogP contribution in [0.3, 0.4) is 0 Å². The summed E-state index contributed by atoms with van der Waals surface area (Å²) in [6.07, 6.45) is 3.38. The summed E-state index contributed by atoms with van der Waals surface area (Å²) in [4.78, 5) is 0. The van der Waals surface area contributed by atoms with Crippen molar-refractivity contribution in [1.29, 1.82) is 0 Å². The lowest BCUT2D eigenvalue weighted by Crippen LogP contribution is -2.18. The van der Waals surface area contributed by atoms with Crippen molar-refractivity contribution in [1.82, 2.24) is 0 Å². The lowest BCUT2D eigenvalue weighted by atomic mass is 9.86. The molecule has 2 N–H and O–H groups in total. The number of fused-ring (bicyclic) bond motifs is 1. The Morgan fingerprint density at radius 1 is 1.43 bits per heavy atom. The molecule has 2 heteroatoms. The van der Waals surface area contributed by atoms with Crippen LogP contribution in [-0.4, -0.2) is 7.11 Å². The molecule has 1 aliphatic carbocycles. The molecule has 14 heavy (non-hydrogen) atoms. The van der Waals surface area contributed by atoms with Gasteiger partial charge in [0, 0.05) is 6.04 Å². The molecule has 0 bridgehead atoms. The van der Waals surface area contributed by atoms with Crippen LogP contribution in [0.25, 0.3) is 0 Å². The molecule has 0 heterocycles. The first-order chi connectivity index (χ1) is 6.74. The second kappa shape index (κ2) is 3.62.